The Morgan fingerprint density at radius 1 is 1.08 bits per heavy atom. The Kier molecular flexibility index (Phi) is 6.53. The second-order valence-corrected chi connectivity index (χ2v) is 9.32. The molecule has 0 radical (unpaired) electrons. The van der Waals surface area contributed by atoms with E-state index < -0.39 is 35.5 Å². The molecule has 0 saturated carbocycles. The van der Waals surface area contributed by atoms with Crippen molar-refractivity contribution >= 4 is 22.7 Å². The zero-order valence-electron chi connectivity index (χ0n) is 19.9. The number of alkyl halides is 2. The summed E-state index contributed by atoms with van der Waals surface area (Å²) in [6.45, 7) is 0.463. The van der Waals surface area contributed by atoms with Crippen LogP contribution >= 0.6 is 0 Å². The summed E-state index contributed by atoms with van der Waals surface area (Å²) in [5.41, 5.74) is 12.3. The van der Waals surface area contributed by atoms with Crippen LogP contribution in [0.5, 0.6) is 5.75 Å². The van der Waals surface area contributed by atoms with Gasteiger partial charge in [0, 0.05) is 24.7 Å². The highest BCUT2D eigenvalue weighted by molar-refractivity contribution is 5.81. The average molecular weight is 533 g/mol. The topological polar surface area (TPSA) is 152 Å². The first kappa shape index (κ1) is 25.6. The minimum absolute atomic E-state index is 0.0716. The highest BCUT2D eigenvalue weighted by Crippen LogP contribution is 2.34. The summed E-state index contributed by atoms with van der Waals surface area (Å²) in [5.74, 6) is -2.57. The van der Waals surface area contributed by atoms with E-state index in [1.807, 2.05) is 0 Å². The van der Waals surface area contributed by atoms with Crippen LogP contribution in [0.1, 0.15) is 18.4 Å². The highest BCUT2D eigenvalue weighted by Gasteiger charge is 2.43. The molecule has 1 aromatic carbocycles. The molecule has 0 spiro atoms. The molecular formula is C24H24F4N8O2. The van der Waals surface area contributed by atoms with Gasteiger partial charge in [0.05, 0.1) is 36.0 Å². The van der Waals surface area contributed by atoms with Crippen molar-refractivity contribution in [3.63, 3.8) is 0 Å². The van der Waals surface area contributed by atoms with Crippen LogP contribution in [-0.4, -0.2) is 65.9 Å². The molecule has 3 aromatic heterocycles. The van der Waals surface area contributed by atoms with E-state index in [0.29, 0.717) is 41.4 Å². The minimum Gasteiger partial charge on any atom is -0.505 e. The van der Waals surface area contributed by atoms with Crippen LogP contribution in [0.3, 0.4) is 0 Å². The van der Waals surface area contributed by atoms with E-state index >= 15 is 0 Å². The smallest absolute Gasteiger partial charge is 0.265 e. The molecule has 5 rings (SSSR count). The molecular weight excluding hydrogens is 508 g/mol. The molecule has 1 fully saturated rings. The predicted octanol–water partition coefficient (Wildman–Crippen LogP) is 2.43. The lowest BCUT2D eigenvalue weighted by Crippen LogP contribution is -2.63. The summed E-state index contributed by atoms with van der Waals surface area (Å²) < 4.78 is 57.1. The van der Waals surface area contributed by atoms with Gasteiger partial charge in [0.15, 0.2) is 23.0 Å². The number of nitrogen functional groups attached to an aromatic ring is 1. The maximum absolute atomic E-state index is 14.7. The molecule has 2 atom stereocenters. The molecule has 4 heterocycles. The molecule has 6 N–H and O–H groups in total. The number of aliphatic hydroxyl groups is 1. The van der Waals surface area contributed by atoms with Gasteiger partial charge in [-0.1, -0.05) is 0 Å². The van der Waals surface area contributed by atoms with Crippen molar-refractivity contribution < 1.29 is 27.8 Å². The van der Waals surface area contributed by atoms with E-state index in [1.165, 1.54) is 24.9 Å². The summed E-state index contributed by atoms with van der Waals surface area (Å²) in [6, 6.07) is 3.01. The lowest BCUT2D eigenvalue weighted by molar-refractivity contribution is -0.0529. The number of hydrogen-bond acceptors (Lipinski definition) is 9. The number of benzene rings is 1. The second-order valence-electron chi connectivity index (χ2n) is 9.32. The van der Waals surface area contributed by atoms with Crippen molar-refractivity contribution in [1.82, 2.24) is 24.5 Å². The van der Waals surface area contributed by atoms with E-state index in [1.54, 1.807) is 9.47 Å². The first-order chi connectivity index (χ1) is 18.1. The van der Waals surface area contributed by atoms with Gasteiger partial charge in [-0.2, -0.15) is 0 Å². The monoisotopic (exact) mass is 532 g/mol. The zero-order valence-corrected chi connectivity index (χ0v) is 19.9. The number of phenolic OH excluding ortho intramolecular Hbond substituents is 1. The standard InChI is InChI=1S/C24H24F4N8O2/c25-14-6-18(37)15(26)5-13(14)16-4-12(8-36-11-34-19-22(29)32-10-33-23(19)36)17(7-31-16)35-3-1-2-24(30,9-35)20(38)21(27)28/h4-7,10-11,20-21,37-38H,1-3,8-9,30H2,(H2,29,32,33). The van der Waals surface area contributed by atoms with Crippen LogP contribution in [-0.2, 0) is 6.54 Å². The number of anilines is 2. The zero-order chi connectivity index (χ0) is 27.2. The molecule has 38 heavy (non-hydrogen) atoms. The first-order valence-corrected chi connectivity index (χ1v) is 11.7. The van der Waals surface area contributed by atoms with Crippen LogP contribution in [0.2, 0.25) is 0 Å². The maximum Gasteiger partial charge on any atom is 0.265 e. The molecule has 200 valence electrons. The van der Waals surface area contributed by atoms with Crippen LogP contribution in [0, 0.1) is 11.6 Å². The molecule has 0 aliphatic carbocycles. The summed E-state index contributed by atoms with van der Waals surface area (Å²) in [6.07, 6.45) is -0.250. The van der Waals surface area contributed by atoms with Gasteiger partial charge in [-0.15, -0.1) is 0 Å². The fraction of sp³-hybridized carbons (Fsp3) is 0.333. The summed E-state index contributed by atoms with van der Waals surface area (Å²) in [4.78, 5) is 18.4. The molecule has 4 aromatic rings. The third-order valence-electron chi connectivity index (χ3n) is 6.77. The number of rotatable bonds is 6. The number of pyridine rings is 1. The largest absolute Gasteiger partial charge is 0.505 e. The summed E-state index contributed by atoms with van der Waals surface area (Å²) >= 11 is 0. The summed E-state index contributed by atoms with van der Waals surface area (Å²) in [5, 5.41) is 19.6. The van der Waals surface area contributed by atoms with Gasteiger partial charge in [0.1, 0.15) is 23.8 Å². The SMILES string of the molecule is Nc1ncnc2c1ncn2Cc1cc(-c2cc(F)c(O)cc2F)ncc1N1CCCC(N)(C(O)C(F)F)C1. The van der Waals surface area contributed by atoms with Crippen molar-refractivity contribution in [2.24, 2.45) is 5.73 Å². The molecule has 1 aliphatic heterocycles. The first-order valence-electron chi connectivity index (χ1n) is 11.7. The number of aromatic hydroxyl groups is 1. The Balaban J connectivity index is 1.60. The van der Waals surface area contributed by atoms with E-state index in [2.05, 4.69) is 19.9 Å². The predicted molar refractivity (Wildman–Crippen MR) is 130 cm³/mol. The number of aromatic nitrogens is 5. The van der Waals surface area contributed by atoms with Crippen molar-refractivity contribution in [3.05, 3.63) is 54.2 Å². The number of phenols is 1. The number of fused-ring (bicyclic) bond motifs is 1. The third-order valence-corrected chi connectivity index (χ3v) is 6.77. The van der Waals surface area contributed by atoms with Crippen LogP contribution < -0.4 is 16.4 Å². The Bertz CT molecular complexity index is 1500. The van der Waals surface area contributed by atoms with E-state index in [0.717, 1.165) is 6.07 Å². The maximum atomic E-state index is 14.7. The second kappa shape index (κ2) is 9.68. The number of halogens is 4. The van der Waals surface area contributed by atoms with Crippen LogP contribution in [0.25, 0.3) is 22.4 Å². The Labute approximate surface area is 213 Å². The van der Waals surface area contributed by atoms with Gasteiger partial charge in [0.25, 0.3) is 6.43 Å². The minimum atomic E-state index is -3.02. The lowest BCUT2D eigenvalue weighted by atomic mass is 9.84. The fourth-order valence-electron chi connectivity index (χ4n) is 4.79. The van der Waals surface area contributed by atoms with Crippen molar-refractivity contribution in [3.8, 4) is 17.0 Å². The normalized spacial score (nSPS) is 18.9. The van der Waals surface area contributed by atoms with E-state index in [9.17, 15) is 27.8 Å². The average Bonchev–Trinajstić information content (AvgIpc) is 3.29. The van der Waals surface area contributed by atoms with Crippen LogP contribution in [0.4, 0.5) is 29.1 Å². The number of imidazole rings is 1. The Morgan fingerprint density at radius 3 is 2.63 bits per heavy atom. The highest BCUT2D eigenvalue weighted by atomic mass is 19.3. The van der Waals surface area contributed by atoms with Gasteiger partial charge in [-0.3, -0.25) is 4.98 Å². The number of nitrogens with two attached hydrogens (primary N) is 2. The molecule has 0 bridgehead atoms. The Hall–Kier alpha value is -4.04. The van der Waals surface area contributed by atoms with Gasteiger partial charge in [-0.05, 0) is 30.5 Å². The molecule has 0 amide bonds. The Morgan fingerprint density at radius 2 is 1.87 bits per heavy atom. The van der Waals surface area contributed by atoms with Crippen molar-refractivity contribution in [2.45, 2.75) is 37.5 Å². The quantitative estimate of drug-likeness (QED) is 0.274. The van der Waals surface area contributed by atoms with Crippen molar-refractivity contribution in [2.75, 3.05) is 23.7 Å². The van der Waals surface area contributed by atoms with E-state index in [4.69, 9.17) is 11.5 Å². The fourth-order valence-corrected chi connectivity index (χ4v) is 4.79. The van der Waals surface area contributed by atoms with Gasteiger partial charge >= 0.3 is 0 Å². The number of aliphatic hydroxyl groups excluding tert-OH is 1. The summed E-state index contributed by atoms with van der Waals surface area (Å²) in [7, 11) is 0. The van der Waals surface area contributed by atoms with Crippen molar-refractivity contribution in [1.29, 1.82) is 0 Å². The van der Waals surface area contributed by atoms with Gasteiger partial charge in [-0.25, -0.2) is 32.5 Å². The van der Waals surface area contributed by atoms with E-state index in [-0.39, 0.29) is 36.6 Å². The molecule has 2 unspecified atom stereocenters. The number of piperidine rings is 1. The third kappa shape index (κ3) is 4.56. The van der Waals surface area contributed by atoms with Gasteiger partial charge < -0.3 is 31.1 Å². The molecule has 14 heteroatoms. The molecule has 1 aliphatic rings. The van der Waals surface area contributed by atoms with Crippen LogP contribution in [0.15, 0.2) is 37.1 Å². The molecule has 10 nitrogen and oxygen atoms in total. The lowest BCUT2D eigenvalue weighted by Gasteiger charge is -2.44. The van der Waals surface area contributed by atoms with Gasteiger partial charge in [0.2, 0.25) is 0 Å². The number of hydrogen-bond donors (Lipinski definition) is 4. The molecule has 1 saturated heterocycles. The number of nitrogens with zero attached hydrogens (tertiary/aromatic N) is 6.